The van der Waals surface area contributed by atoms with Crippen molar-refractivity contribution in [2.75, 3.05) is 0 Å². The Hall–Kier alpha value is -2.77. The van der Waals surface area contributed by atoms with Gasteiger partial charge in [0.2, 0.25) is 0 Å². The summed E-state index contributed by atoms with van der Waals surface area (Å²) in [4.78, 5) is 0.370. The third kappa shape index (κ3) is 3.84. The lowest BCUT2D eigenvalue weighted by molar-refractivity contribution is -0.0569. The fraction of sp³-hybridized carbons (Fsp3) is 0.414. The summed E-state index contributed by atoms with van der Waals surface area (Å²) in [6.45, 7) is 5.52. The molecule has 2 aromatic carbocycles. The molecule has 2 atom stereocenters. The van der Waals surface area contributed by atoms with Gasteiger partial charge in [-0.15, -0.1) is 0 Å². The molecule has 1 N–H and O–H groups in total. The number of aliphatic hydroxyl groups is 1. The van der Waals surface area contributed by atoms with E-state index < -0.39 is 26.1 Å². The van der Waals surface area contributed by atoms with Crippen molar-refractivity contribution in [2.45, 2.75) is 75.0 Å². The molecule has 5 rings (SSSR count). The van der Waals surface area contributed by atoms with Crippen LogP contribution in [0.4, 0.5) is 4.39 Å². The van der Waals surface area contributed by atoms with Crippen molar-refractivity contribution in [3.8, 4) is 5.69 Å². The molecule has 36 heavy (non-hydrogen) atoms. The van der Waals surface area contributed by atoms with Gasteiger partial charge in [0.05, 0.1) is 33.3 Å². The Kier molecular flexibility index (Phi) is 6.20. The predicted molar refractivity (Wildman–Crippen MR) is 139 cm³/mol. The van der Waals surface area contributed by atoms with Gasteiger partial charge in [0.15, 0.2) is 9.84 Å². The number of hydrogen-bond acceptors (Lipinski definition) is 4. The quantitative estimate of drug-likeness (QED) is 0.445. The highest BCUT2D eigenvalue weighted by Crippen LogP contribution is 2.59. The molecular formula is C29H33FN2O3S. The van der Waals surface area contributed by atoms with E-state index in [1.807, 2.05) is 23.0 Å². The second-order valence-corrected chi connectivity index (χ2v) is 12.9. The Balaban J connectivity index is 1.46. The first kappa shape index (κ1) is 24.9. The van der Waals surface area contributed by atoms with Gasteiger partial charge < -0.3 is 5.11 Å². The number of nitrogens with zero attached hydrogens (tertiary/aromatic N) is 2. The minimum absolute atomic E-state index is 0.285. The summed E-state index contributed by atoms with van der Waals surface area (Å²) in [7, 11) is -3.41. The number of sulfone groups is 1. The van der Waals surface area contributed by atoms with Gasteiger partial charge in [0.25, 0.3) is 0 Å². The van der Waals surface area contributed by atoms with Crippen molar-refractivity contribution in [1.29, 1.82) is 0 Å². The molecule has 2 aliphatic carbocycles. The van der Waals surface area contributed by atoms with Crippen LogP contribution in [0.25, 0.3) is 11.8 Å². The molecule has 0 radical (unpaired) electrons. The summed E-state index contributed by atoms with van der Waals surface area (Å²) in [5.74, 6) is -0.285. The smallest absolute Gasteiger partial charge is 0.180 e. The first-order valence-electron chi connectivity index (χ1n) is 12.7. The number of hydrogen-bond donors (Lipinski definition) is 1. The fourth-order valence-corrected chi connectivity index (χ4v) is 7.51. The van der Waals surface area contributed by atoms with Crippen LogP contribution in [0, 0.1) is 11.2 Å². The van der Waals surface area contributed by atoms with Crippen LogP contribution in [0.2, 0.25) is 0 Å². The Morgan fingerprint density at radius 1 is 1.14 bits per heavy atom. The standard InChI is InChI=1S/C29H33FN2O3S/c1-4-28-18-22-19-31-32(25-11-9-24(30)10-12-25)26(22)17-23(28)14-16-29(28,33)15-13-21-7-5-6-8-27(21)36(34,35)20(2)3/h5-12,17,19-20,33H,4,13-16,18H2,1-3H3/t28-,29-/m0/s1. The molecule has 1 aromatic heterocycles. The molecule has 0 aliphatic heterocycles. The summed E-state index contributed by atoms with van der Waals surface area (Å²) < 4.78 is 41.2. The summed E-state index contributed by atoms with van der Waals surface area (Å²) in [5.41, 5.74) is 3.47. The van der Waals surface area contributed by atoms with Crippen molar-refractivity contribution >= 4 is 15.9 Å². The largest absolute Gasteiger partial charge is 0.389 e. The van der Waals surface area contributed by atoms with Crippen molar-refractivity contribution in [3.05, 3.63) is 82.9 Å². The molecule has 3 aromatic rings. The van der Waals surface area contributed by atoms with Crippen LogP contribution in [0.1, 0.15) is 63.3 Å². The van der Waals surface area contributed by atoms with Crippen LogP contribution in [-0.4, -0.2) is 34.2 Å². The molecule has 1 heterocycles. The monoisotopic (exact) mass is 508 g/mol. The molecule has 0 bridgehead atoms. The topological polar surface area (TPSA) is 72.2 Å². The minimum atomic E-state index is -3.41. The number of halogens is 1. The maximum Gasteiger partial charge on any atom is 0.180 e. The van der Waals surface area contributed by atoms with E-state index in [1.54, 1.807) is 38.1 Å². The summed E-state index contributed by atoms with van der Waals surface area (Å²) in [6, 6.07) is 13.5. The highest BCUT2D eigenvalue weighted by Gasteiger charge is 2.56. The summed E-state index contributed by atoms with van der Waals surface area (Å²) in [6.07, 6.45) is 7.88. The lowest BCUT2D eigenvalue weighted by Gasteiger charge is -2.45. The van der Waals surface area contributed by atoms with Crippen molar-refractivity contribution < 1.29 is 17.9 Å². The summed E-state index contributed by atoms with van der Waals surface area (Å²) >= 11 is 0. The third-order valence-corrected chi connectivity index (χ3v) is 10.6. The minimum Gasteiger partial charge on any atom is -0.389 e. The Bertz CT molecular complexity index is 1420. The van der Waals surface area contributed by atoms with E-state index in [0.717, 1.165) is 35.3 Å². The zero-order valence-electron chi connectivity index (χ0n) is 21.0. The van der Waals surface area contributed by atoms with Crippen molar-refractivity contribution in [3.63, 3.8) is 0 Å². The normalized spacial score (nSPS) is 23.4. The van der Waals surface area contributed by atoms with E-state index in [-0.39, 0.29) is 5.82 Å². The van der Waals surface area contributed by atoms with E-state index in [9.17, 15) is 17.9 Å². The van der Waals surface area contributed by atoms with Gasteiger partial charge in [-0.3, -0.25) is 0 Å². The molecule has 5 nitrogen and oxygen atoms in total. The number of fused-ring (bicyclic) bond motifs is 2. The first-order valence-corrected chi connectivity index (χ1v) is 14.2. The molecule has 1 fully saturated rings. The second-order valence-electron chi connectivity index (χ2n) is 10.5. The van der Waals surface area contributed by atoms with Crippen LogP contribution in [0.5, 0.6) is 0 Å². The van der Waals surface area contributed by atoms with Gasteiger partial charge in [-0.1, -0.05) is 30.7 Å². The number of aromatic nitrogens is 2. The molecule has 0 saturated heterocycles. The third-order valence-electron chi connectivity index (χ3n) is 8.39. The van der Waals surface area contributed by atoms with Crippen LogP contribution in [0.15, 0.2) is 65.2 Å². The lowest BCUT2D eigenvalue weighted by Crippen LogP contribution is -2.47. The molecule has 7 heteroatoms. The Labute approximate surface area is 212 Å². The van der Waals surface area contributed by atoms with Crippen LogP contribution in [0.3, 0.4) is 0 Å². The second kappa shape index (κ2) is 8.96. The SMILES string of the molecule is CC[C@]12Cc3cnn(-c4ccc(F)cc4)c3C=C1CC[C@@]2(O)CCc1ccccc1S(=O)(=O)C(C)C. The molecule has 2 aliphatic rings. The van der Waals surface area contributed by atoms with E-state index in [4.69, 9.17) is 0 Å². The van der Waals surface area contributed by atoms with Gasteiger partial charge in [-0.2, -0.15) is 5.10 Å². The zero-order valence-corrected chi connectivity index (χ0v) is 21.9. The van der Waals surface area contributed by atoms with Gasteiger partial charge in [0.1, 0.15) is 5.82 Å². The summed E-state index contributed by atoms with van der Waals surface area (Å²) in [5, 5.41) is 16.2. The first-order chi connectivity index (χ1) is 17.1. The van der Waals surface area contributed by atoms with Crippen LogP contribution < -0.4 is 0 Å². The molecule has 0 amide bonds. The molecule has 190 valence electrons. The molecule has 0 spiro atoms. The average Bonchev–Trinajstić information content (AvgIpc) is 3.40. The fourth-order valence-electron chi connectivity index (χ4n) is 6.20. The van der Waals surface area contributed by atoms with Gasteiger partial charge in [-0.05, 0) is 99.9 Å². The van der Waals surface area contributed by atoms with E-state index in [0.29, 0.717) is 30.6 Å². The van der Waals surface area contributed by atoms with E-state index >= 15 is 0 Å². The maximum atomic E-state index is 13.4. The van der Waals surface area contributed by atoms with Crippen LogP contribution >= 0.6 is 0 Å². The van der Waals surface area contributed by atoms with Gasteiger partial charge in [0, 0.05) is 5.41 Å². The van der Waals surface area contributed by atoms with E-state index in [2.05, 4.69) is 18.1 Å². The maximum absolute atomic E-state index is 13.4. The predicted octanol–water partition coefficient (Wildman–Crippen LogP) is 5.69. The highest BCUT2D eigenvalue weighted by atomic mass is 32.2. The Morgan fingerprint density at radius 2 is 1.86 bits per heavy atom. The van der Waals surface area contributed by atoms with Gasteiger partial charge in [-0.25, -0.2) is 17.5 Å². The van der Waals surface area contributed by atoms with Gasteiger partial charge >= 0.3 is 0 Å². The number of benzene rings is 2. The lowest BCUT2D eigenvalue weighted by atomic mass is 9.63. The van der Waals surface area contributed by atoms with Crippen molar-refractivity contribution in [1.82, 2.24) is 9.78 Å². The average molecular weight is 509 g/mol. The van der Waals surface area contributed by atoms with E-state index in [1.165, 1.54) is 17.7 Å². The molecule has 0 unspecified atom stereocenters. The number of aryl methyl sites for hydroxylation is 1. The molecular weight excluding hydrogens is 475 g/mol. The van der Waals surface area contributed by atoms with Crippen molar-refractivity contribution in [2.24, 2.45) is 5.41 Å². The highest BCUT2D eigenvalue weighted by molar-refractivity contribution is 7.92. The van der Waals surface area contributed by atoms with Crippen LogP contribution in [-0.2, 0) is 22.7 Å². The molecule has 1 saturated carbocycles. The number of rotatable bonds is 7. The zero-order chi connectivity index (χ0) is 25.7. The Morgan fingerprint density at radius 3 is 2.56 bits per heavy atom.